The highest BCUT2D eigenvalue weighted by Gasteiger charge is 2.59. The van der Waals surface area contributed by atoms with Crippen molar-refractivity contribution in [2.75, 3.05) is 12.1 Å². The van der Waals surface area contributed by atoms with Crippen LogP contribution in [0.15, 0.2) is 41.8 Å². The SMILES string of the molecule is Cc1ccccc1N1O[C@@H]2C(=O)N(C)C(=O)[C@H]2[C@@H]1c1cccs1. The van der Waals surface area contributed by atoms with E-state index in [-0.39, 0.29) is 17.9 Å². The van der Waals surface area contributed by atoms with Crippen LogP contribution in [-0.4, -0.2) is 29.9 Å². The van der Waals surface area contributed by atoms with Crippen molar-refractivity contribution in [2.24, 2.45) is 5.92 Å². The first kappa shape index (κ1) is 14.4. The van der Waals surface area contributed by atoms with Gasteiger partial charge in [-0.25, -0.2) is 5.06 Å². The molecule has 1 aromatic carbocycles. The van der Waals surface area contributed by atoms with E-state index in [1.54, 1.807) is 16.4 Å². The van der Waals surface area contributed by atoms with Crippen LogP contribution >= 0.6 is 11.3 Å². The third-order valence-corrected chi connectivity index (χ3v) is 5.47. The summed E-state index contributed by atoms with van der Waals surface area (Å²) >= 11 is 1.57. The second-order valence-electron chi connectivity index (χ2n) is 5.86. The van der Waals surface area contributed by atoms with E-state index in [4.69, 9.17) is 4.84 Å². The molecule has 0 N–H and O–H groups in total. The molecule has 6 heteroatoms. The van der Waals surface area contributed by atoms with Crippen molar-refractivity contribution < 1.29 is 14.4 Å². The number of imide groups is 1. The van der Waals surface area contributed by atoms with Crippen LogP contribution in [0.1, 0.15) is 16.5 Å². The minimum atomic E-state index is -0.737. The normalized spacial score (nSPS) is 27.0. The lowest BCUT2D eigenvalue weighted by molar-refractivity contribution is -0.141. The molecule has 0 radical (unpaired) electrons. The lowest BCUT2D eigenvalue weighted by Gasteiger charge is -2.28. The second-order valence-corrected chi connectivity index (χ2v) is 6.84. The van der Waals surface area contributed by atoms with E-state index in [1.807, 2.05) is 48.7 Å². The molecule has 3 atom stereocenters. The van der Waals surface area contributed by atoms with Crippen LogP contribution in [0.3, 0.4) is 0 Å². The Balaban J connectivity index is 1.83. The molecule has 0 saturated carbocycles. The third kappa shape index (κ3) is 2.02. The zero-order valence-corrected chi connectivity index (χ0v) is 13.6. The summed E-state index contributed by atoms with van der Waals surface area (Å²) in [6.07, 6.45) is -0.737. The number of carbonyl (C=O) groups is 2. The first-order valence-corrected chi connectivity index (χ1v) is 8.34. The summed E-state index contributed by atoms with van der Waals surface area (Å²) < 4.78 is 0. The quantitative estimate of drug-likeness (QED) is 0.795. The van der Waals surface area contributed by atoms with E-state index < -0.39 is 12.0 Å². The van der Waals surface area contributed by atoms with Crippen LogP contribution in [0, 0.1) is 12.8 Å². The minimum Gasteiger partial charge on any atom is -0.283 e. The van der Waals surface area contributed by atoms with Gasteiger partial charge in [-0.1, -0.05) is 24.3 Å². The summed E-state index contributed by atoms with van der Waals surface area (Å²) in [5.41, 5.74) is 1.94. The molecule has 3 heterocycles. The molecule has 0 unspecified atom stereocenters. The van der Waals surface area contributed by atoms with Gasteiger partial charge in [0, 0.05) is 11.9 Å². The van der Waals surface area contributed by atoms with Crippen molar-refractivity contribution in [1.29, 1.82) is 0 Å². The molecular weight excluding hydrogens is 312 g/mol. The van der Waals surface area contributed by atoms with E-state index in [2.05, 4.69) is 0 Å². The largest absolute Gasteiger partial charge is 0.283 e. The number of rotatable bonds is 2. The zero-order chi connectivity index (χ0) is 16.1. The predicted octanol–water partition coefficient (Wildman–Crippen LogP) is 2.53. The number of likely N-dealkylation sites (tertiary alicyclic amines) is 1. The maximum Gasteiger partial charge on any atom is 0.261 e. The smallest absolute Gasteiger partial charge is 0.261 e. The minimum absolute atomic E-state index is 0.172. The fourth-order valence-electron chi connectivity index (χ4n) is 3.32. The fourth-order valence-corrected chi connectivity index (χ4v) is 4.17. The van der Waals surface area contributed by atoms with Gasteiger partial charge in [-0.2, -0.15) is 0 Å². The number of hydroxylamine groups is 1. The van der Waals surface area contributed by atoms with Gasteiger partial charge in [0.25, 0.3) is 5.91 Å². The number of anilines is 1. The number of aryl methyl sites for hydroxylation is 1. The number of amides is 2. The third-order valence-electron chi connectivity index (χ3n) is 4.52. The van der Waals surface area contributed by atoms with Crippen LogP contribution in [0.25, 0.3) is 0 Å². The molecule has 2 aromatic rings. The Hall–Kier alpha value is -2.18. The topological polar surface area (TPSA) is 49.9 Å². The van der Waals surface area contributed by atoms with Gasteiger partial charge in [0.05, 0.1) is 5.69 Å². The Kier molecular flexibility index (Phi) is 3.25. The molecular formula is C17H16N2O3S. The monoisotopic (exact) mass is 328 g/mol. The molecule has 1 aromatic heterocycles. The summed E-state index contributed by atoms with van der Waals surface area (Å²) in [6.45, 7) is 1.99. The van der Waals surface area contributed by atoms with Crippen LogP contribution in [0.2, 0.25) is 0 Å². The standard InChI is InChI=1S/C17H16N2O3S/c1-10-6-3-4-7-11(10)19-14(12-8-5-9-23-12)13-15(22-19)17(21)18(2)16(13)20/h3-9,13-15H,1-2H3/t13-,14-,15-/m0/s1. The number of thiophene rings is 1. The van der Waals surface area contributed by atoms with Gasteiger partial charge in [-0.05, 0) is 30.0 Å². The molecule has 2 aliphatic rings. The molecule has 2 amide bonds. The number of carbonyl (C=O) groups excluding carboxylic acids is 2. The highest BCUT2D eigenvalue weighted by molar-refractivity contribution is 7.10. The molecule has 5 nitrogen and oxygen atoms in total. The number of hydrogen-bond donors (Lipinski definition) is 0. The molecule has 2 fully saturated rings. The lowest BCUT2D eigenvalue weighted by atomic mass is 9.95. The van der Waals surface area contributed by atoms with Crippen LogP contribution in [0.4, 0.5) is 5.69 Å². The molecule has 4 rings (SSSR count). The predicted molar refractivity (Wildman–Crippen MR) is 86.9 cm³/mol. The summed E-state index contributed by atoms with van der Waals surface area (Å²) in [5.74, 6) is -0.933. The van der Waals surface area contributed by atoms with E-state index in [9.17, 15) is 9.59 Å². The molecule has 0 bridgehead atoms. The fraction of sp³-hybridized carbons (Fsp3) is 0.294. The maximum absolute atomic E-state index is 12.6. The van der Waals surface area contributed by atoms with Gasteiger partial charge in [-0.15, -0.1) is 11.3 Å². The number of likely N-dealkylation sites (N-methyl/N-ethyl adjacent to an activating group) is 1. The zero-order valence-electron chi connectivity index (χ0n) is 12.8. The average Bonchev–Trinajstić information content (AvgIpc) is 3.23. The lowest BCUT2D eigenvalue weighted by Crippen LogP contribution is -2.34. The Labute approximate surface area is 138 Å². The molecule has 23 heavy (non-hydrogen) atoms. The van der Waals surface area contributed by atoms with Crippen molar-refractivity contribution in [3.8, 4) is 0 Å². The van der Waals surface area contributed by atoms with E-state index in [0.29, 0.717) is 0 Å². The van der Waals surface area contributed by atoms with E-state index in [0.717, 1.165) is 16.1 Å². The first-order valence-electron chi connectivity index (χ1n) is 7.46. The highest BCUT2D eigenvalue weighted by Crippen LogP contribution is 2.47. The van der Waals surface area contributed by atoms with Crippen molar-refractivity contribution >= 4 is 28.8 Å². The summed E-state index contributed by atoms with van der Waals surface area (Å²) in [7, 11) is 1.52. The van der Waals surface area contributed by atoms with Crippen molar-refractivity contribution in [2.45, 2.75) is 19.1 Å². The van der Waals surface area contributed by atoms with Gasteiger partial charge in [0.2, 0.25) is 5.91 Å². The number of nitrogens with zero attached hydrogens (tertiary/aromatic N) is 2. The highest BCUT2D eigenvalue weighted by atomic mass is 32.1. The average molecular weight is 328 g/mol. The molecule has 2 aliphatic heterocycles. The summed E-state index contributed by atoms with van der Waals surface area (Å²) in [5, 5.41) is 3.73. The Morgan fingerprint density at radius 3 is 2.57 bits per heavy atom. The van der Waals surface area contributed by atoms with Crippen molar-refractivity contribution in [1.82, 2.24) is 4.90 Å². The van der Waals surface area contributed by atoms with Gasteiger partial charge >= 0.3 is 0 Å². The van der Waals surface area contributed by atoms with Crippen molar-refractivity contribution in [3.63, 3.8) is 0 Å². The number of hydrogen-bond acceptors (Lipinski definition) is 5. The van der Waals surface area contributed by atoms with Crippen LogP contribution in [0.5, 0.6) is 0 Å². The second kappa shape index (κ2) is 5.18. The molecule has 0 aliphatic carbocycles. The van der Waals surface area contributed by atoms with Gasteiger partial charge in [0.15, 0.2) is 6.10 Å². The Morgan fingerprint density at radius 1 is 1.09 bits per heavy atom. The molecule has 0 spiro atoms. The number of fused-ring (bicyclic) bond motifs is 1. The van der Waals surface area contributed by atoms with E-state index >= 15 is 0 Å². The Morgan fingerprint density at radius 2 is 1.87 bits per heavy atom. The summed E-state index contributed by atoms with van der Waals surface area (Å²) in [4.78, 5) is 33.1. The summed E-state index contributed by atoms with van der Waals surface area (Å²) in [6, 6.07) is 11.5. The molecule has 2 saturated heterocycles. The number of para-hydroxylation sites is 1. The number of benzene rings is 1. The van der Waals surface area contributed by atoms with Crippen LogP contribution < -0.4 is 5.06 Å². The Bertz CT molecular complexity index is 774. The van der Waals surface area contributed by atoms with Gasteiger partial charge in [-0.3, -0.25) is 19.3 Å². The van der Waals surface area contributed by atoms with E-state index in [1.165, 1.54) is 11.9 Å². The first-order chi connectivity index (χ1) is 11.1. The van der Waals surface area contributed by atoms with Crippen LogP contribution in [-0.2, 0) is 14.4 Å². The maximum atomic E-state index is 12.6. The van der Waals surface area contributed by atoms with Gasteiger partial charge < -0.3 is 0 Å². The van der Waals surface area contributed by atoms with Crippen molar-refractivity contribution in [3.05, 3.63) is 52.2 Å². The van der Waals surface area contributed by atoms with Gasteiger partial charge in [0.1, 0.15) is 12.0 Å². The molecule has 118 valence electrons.